The summed E-state index contributed by atoms with van der Waals surface area (Å²) in [5.41, 5.74) is 4.74. The molecule has 2 aliphatic rings. The van der Waals surface area contributed by atoms with Crippen molar-refractivity contribution < 1.29 is 14.3 Å². The Bertz CT molecular complexity index is 1490. The van der Waals surface area contributed by atoms with Gasteiger partial charge in [-0.05, 0) is 88.1 Å². The molecular formula is C33H42N4O3S. The van der Waals surface area contributed by atoms with E-state index in [1.165, 1.54) is 46.4 Å². The summed E-state index contributed by atoms with van der Waals surface area (Å²) < 4.78 is 17.7. The number of aryl methyl sites for hydroxylation is 2. The van der Waals surface area contributed by atoms with E-state index in [2.05, 4.69) is 64.2 Å². The van der Waals surface area contributed by atoms with E-state index in [1.807, 2.05) is 20.8 Å². The lowest BCUT2D eigenvalue weighted by Gasteiger charge is -2.27. The molecule has 4 heterocycles. The number of rotatable bonds is 9. The quantitative estimate of drug-likeness (QED) is 0.206. The van der Waals surface area contributed by atoms with Crippen LogP contribution in [0.25, 0.3) is 21.7 Å². The van der Waals surface area contributed by atoms with Gasteiger partial charge in [0.25, 0.3) is 0 Å². The lowest BCUT2D eigenvalue weighted by molar-refractivity contribution is 0.0285. The summed E-state index contributed by atoms with van der Waals surface area (Å²) in [6, 6.07) is 13.0. The van der Waals surface area contributed by atoms with Gasteiger partial charge in [0.15, 0.2) is 5.82 Å². The average Bonchev–Trinajstić information content (AvgIpc) is 3.68. The molecule has 1 aliphatic heterocycles. The van der Waals surface area contributed by atoms with E-state index >= 15 is 0 Å². The van der Waals surface area contributed by atoms with E-state index in [-0.39, 0.29) is 6.09 Å². The van der Waals surface area contributed by atoms with Crippen LogP contribution in [0, 0.1) is 5.92 Å². The summed E-state index contributed by atoms with van der Waals surface area (Å²) in [7, 11) is 2.15. The van der Waals surface area contributed by atoms with Gasteiger partial charge in [0, 0.05) is 50.4 Å². The number of aromatic nitrogens is 3. The zero-order valence-electron chi connectivity index (χ0n) is 24.8. The minimum absolute atomic E-state index is 0.226. The maximum absolute atomic E-state index is 12.3. The van der Waals surface area contributed by atoms with E-state index in [1.54, 1.807) is 16.2 Å². The summed E-state index contributed by atoms with van der Waals surface area (Å²) in [5, 5.41) is 2.16. The number of likely N-dealkylation sites (tertiary alicyclic amines) is 1. The van der Waals surface area contributed by atoms with E-state index in [4.69, 9.17) is 14.5 Å². The molecule has 8 heteroatoms. The summed E-state index contributed by atoms with van der Waals surface area (Å²) in [5.74, 6) is 2.96. The van der Waals surface area contributed by atoms with Crippen LogP contribution in [0.2, 0.25) is 0 Å². The third-order valence-electron chi connectivity index (χ3n) is 8.50. The smallest absolute Gasteiger partial charge is 0.410 e. The Kier molecular flexibility index (Phi) is 7.86. The molecule has 1 atom stereocenters. The Morgan fingerprint density at radius 3 is 2.63 bits per heavy atom. The van der Waals surface area contributed by atoms with E-state index in [0.717, 1.165) is 43.9 Å². The van der Waals surface area contributed by atoms with Crippen molar-refractivity contribution in [3.63, 3.8) is 0 Å². The number of amides is 1. The number of imidazole rings is 1. The average molecular weight is 575 g/mol. The molecular weight excluding hydrogens is 532 g/mol. The summed E-state index contributed by atoms with van der Waals surface area (Å²) in [6.45, 7) is 8.70. The third-order valence-corrected chi connectivity index (χ3v) is 9.35. The molecule has 1 aromatic carbocycles. The lowest BCUT2D eigenvalue weighted by Crippen LogP contribution is -2.35. The molecule has 1 saturated carbocycles. The first kappa shape index (κ1) is 27.9. The van der Waals surface area contributed by atoms with E-state index < -0.39 is 5.60 Å². The molecule has 0 radical (unpaired) electrons. The van der Waals surface area contributed by atoms with E-state index in [9.17, 15) is 4.79 Å². The first-order chi connectivity index (χ1) is 19.7. The zero-order valence-corrected chi connectivity index (χ0v) is 25.6. The first-order valence-corrected chi connectivity index (χ1v) is 15.9. The van der Waals surface area contributed by atoms with Crippen molar-refractivity contribution in [2.24, 2.45) is 13.0 Å². The van der Waals surface area contributed by atoms with Crippen molar-refractivity contribution in [1.82, 2.24) is 19.0 Å². The van der Waals surface area contributed by atoms with Crippen molar-refractivity contribution in [2.45, 2.75) is 77.4 Å². The first-order valence-electron chi connectivity index (χ1n) is 15.0. The lowest BCUT2D eigenvalue weighted by atomic mass is 9.83. The van der Waals surface area contributed by atoms with Crippen LogP contribution in [0.3, 0.4) is 0 Å². The molecule has 3 aromatic heterocycles. The van der Waals surface area contributed by atoms with Gasteiger partial charge in [-0.3, -0.25) is 0 Å². The number of benzene rings is 1. The highest BCUT2D eigenvalue weighted by molar-refractivity contribution is 7.17. The Morgan fingerprint density at radius 1 is 1.12 bits per heavy atom. The fourth-order valence-electron chi connectivity index (χ4n) is 5.99. The van der Waals surface area contributed by atoms with Crippen molar-refractivity contribution in [2.75, 3.05) is 19.7 Å². The molecule has 218 valence electrons. The maximum atomic E-state index is 12.3. The van der Waals surface area contributed by atoms with Crippen LogP contribution in [-0.4, -0.2) is 50.4 Å². The van der Waals surface area contributed by atoms with E-state index in [0.29, 0.717) is 25.0 Å². The minimum Gasteiger partial charge on any atom is -0.493 e. The molecule has 0 bridgehead atoms. The highest BCUT2D eigenvalue weighted by Gasteiger charge is 2.30. The molecule has 1 aliphatic carbocycles. The van der Waals surface area contributed by atoms with Crippen molar-refractivity contribution in [3.8, 4) is 17.3 Å². The zero-order chi connectivity index (χ0) is 28.6. The van der Waals surface area contributed by atoms with Crippen molar-refractivity contribution in [3.05, 3.63) is 59.2 Å². The van der Waals surface area contributed by atoms with Gasteiger partial charge in [-0.1, -0.05) is 18.6 Å². The van der Waals surface area contributed by atoms with Gasteiger partial charge in [-0.2, -0.15) is 0 Å². The van der Waals surface area contributed by atoms with Crippen molar-refractivity contribution in [1.29, 1.82) is 0 Å². The predicted octanol–water partition coefficient (Wildman–Crippen LogP) is 7.64. The van der Waals surface area contributed by atoms with Gasteiger partial charge in [0.2, 0.25) is 0 Å². The number of thiophene rings is 1. The molecule has 0 spiro atoms. The number of carbonyl (C=O) groups is 1. The predicted molar refractivity (Wildman–Crippen MR) is 165 cm³/mol. The number of fused-ring (bicyclic) bond motifs is 1. The normalized spacial score (nSPS) is 17.8. The highest BCUT2D eigenvalue weighted by Crippen LogP contribution is 2.39. The Balaban J connectivity index is 1.03. The summed E-state index contributed by atoms with van der Waals surface area (Å²) in [4.78, 5) is 19.1. The van der Waals surface area contributed by atoms with Crippen LogP contribution in [0.5, 0.6) is 5.75 Å². The molecule has 6 rings (SSSR count). The van der Waals surface area contributed by atoms with Crippen LogP contribution in [-0.2, 0) is 24.8 Å². The highest BCUT2D eigenvalue weighted by atomic mass is 32.1. The molecule has 7 nitrogen and oxygen atoms in total. The van der Waals surface area contributed by atoms with Crippen LogP contribution in [0.15, 0.2) is 48.0 Å². The van der Waals surface area contributed by atoms with Gasteiger partial charge in [0.1, 0.15) is 11.4 Å². The molecule has 1 amide bonds. The molecule has 41 heavy (non-hydrogen) atoms. The van der Waals surface area contributed by atoms with Crippen molar-refractivity contribution >= 4 is 27.6 Å². The summed E-state index contributed by atoms with van der Waals surface area (Å²) >= 11 is 1.79. The summed E-state index contributed by atoms with van der Waals surface area (Å²) in [6.07, 6.45) is 8.78. The molecule has 0 N–H and O–H groups in total. The minimum atomic E-state index is -0.466. The third kappa shape index (κ3) is 6.17. The van der Waals surface area contributed by atoms with Gasteiger partial charge >= 0.3 is 6.09 Å². The van der Waals surface area contributed by atoms with Crippen LogP contribution < -0.4 is 4.74 Å². The Hall–Kier alpha value is -3.26. The standard InChI is InChI=1S/C33H42N4O3S/c1-33(2,3)40-32(38)36-17-14-24(21-36)22-39-26-12-10-23(11-13-26)7-6-16-37-29(25-8-5-9-25)20-34-31(37)28-19-30-27(35(28)4)15-18-41-30/h10-13,15,18-20,24-25H,5-9,14,16-17,21-22H2,1-4H3/t24-/m0/s1. The molecule has 2 fully saturated rings. The number of hydrogen-bond donors (Lipinski definition) is 0. The van der Waals surface area contributed by atoms with Gasteiger partial charge in [-0.15, -0.1) is 11.3 Å². The largest absolute Gasteiger partial charge is 0.493 e. The monoisotopic (exact) mass is 574 g/mol. The molecule has 0 unspecified atom stereocenters. The Labute approximate surface area is 247 Å². The van der Waals surface area contributed by atoms with Crippen LogP contribution in [0.4, 0.5) is 4.79 Å². The number of nitrogens with zero attached hydrogens (tertiary/aromatic N) is 4. The second-order valence-corrected chi connectivity index (χ2v) is 13.6. The fourth-order valence-corrected chi connectivity index (χ4v) is 6.84. The fraction of sp³-hybridized carbons (Fsp3) is 0.515. The molecule has 1 saturated heterocycles. The van der Waals surface area contributed by atoms with Crippen LogP contribution >= 0.6 is 11.3 Å². The van der Waals surface area contributed by atoms with Gasteiger partial charge < -0.3 is 23.5 Å². The van der Waals surface area contributed by atoms with Gasteiger partial charge in [0.05, 0.1) is 22.5 Å². The second-order valence-electron chi connectivity index (χ2n) is 12.7. The SMILES string of the molecule is Cn1c(-c2ncc(C3CCC3)n2CCCc2ccc(OC[C@H]3CCN(C(=O)OC(C)(C)C)C3)cc2)cc2sccc21. The van der Waals surface area contributed by atoms with Gasteiger partial charge in [-0.25, -0.2) is 9.78 Å². The second kappa shape index (κ2) is 11.6. The van der Waals surface area contributed by atoms with Crippen LogP contribution in [0.1, 0.15) is 70.1 Å². The maximum Gasteiger partial charge on any atom is 0.410 e. The number of hydrogen-bond acceptors (Lipinski definition) is 5. The molecule has 4 aromatic rings. The number of ether oxygens (including phenoxy) is 2. The topological polar surface area (TPSA) is 61.5 Å². The Morgan fingerprint density at radius 2 is 1.93 bits per heavy atom. The number of carbonyl (C=O) groups excluding carboxylic acids is 1.